The summed E-state index contributed by atoms with van der Waals surface area (Å²) in [6.07, 6.45) is -45.7. The van der Waals surface area contributed by atoms with Crippen LogP contribution in [0.1, 0.15) is 118 Å². The molecule has 0 saturated carbocycles. The molecule has 0 aliphatic heterocycles. The molecule has 0 amide bonds. The van der Waals surface area contributed by atoms with Gasteiger partial charge < -0.3 is 28.2 Å². The number of quaternary nitrogens is 1. The standard InChI is InChI=1S/C41H45BF18NO6.C8H3F6/c1-8-12-62-23(5)61(11-4,24(6)63-13-9-2)35(7,64-14-10-3)34-32(41(58,59)60)21-29(40(55,56)57)22-33(34)67-42(65-30-17-25(36(43,44)45)15-26(18-30)37(46,47)48)66-31-19-27(38(49,50)51)16-28(20-31)39(52,53)54;9-7(10,11)5-2-1-3-6(4-5)8(12,13)14/h15-24H,8-14H2,1-7H3;2-4H/q+1;-1. The summed E-state index contributed by atoms with van der Waals surface area (Å²) in [6, 6.07) is 0.663. The predicted octanol–water partition coefficient (Wildman–Crippen LogP) is 17.8. The summed E-state index contributed by atoms with van der Waals surface area (Å²) < 4.78 is 363. The lowest BCUT2D eigenvalue weighted by Crippen LogP contribution is -2.71. The lowest BCUT2D eigenvalue weighted by Gasteiger charge is -2.56. The molecule has 3 unspecified atom stereocenters. The van der Waals surface area contributed by atoms with Crippen molar-refractivity contribution in [2.45, 2.75) is 135 Å². The van der Waals surface area contributed by atoms with Crippen molar-refractivity contribution in [2.24, 2.45) is 0 Å². The van der Waals surface area contributed by atoms with E-state index in [1.165, 1.54) is 27.7 Å². The highest BCUT2D eigenvalue weighted by molar-refractivity contribution is 6.39. The maximum atomic E-state index is 15.6. The first kappa shape index (κ1) is 69.8. The molecule has 456 valence electrons. The molecule has 0 aliphatic carbocycles. The van der Waals surface area contributed by atoms with Crippen LogP contribution in [0.2, 0.25) is 0 Å². The van der Waals surface area contributed by atoms with E-state index >= 15 is 13.2 Å². The van der Waals surface area contributed by atoms with Gasteiger partial charge in [0, 0.05) is 20.8 Å². The van der Waals surface area contributed by atoms with Gasteiger partial charge in [0.2, 0.25) is 5.72 Å². The molecule has 0 N–H and O–H groups in total. The molecule has 0 fully saturated rings. The lowest BCUT2D eigenvalue weighted by atomic mass is 9.89. The summed E-state index contributed by atoms with van der Waals surface area (Å²) >= 11 is 0. The summed E-state index contributed by atoms with van der Waals surface area (Å²) in [5.41, 5.74) is -19.8. The maximum Gasteiger partial charge on any atom is 0.864 e. The normalized spacial score (nSPS) is 15.4. The minimum absolute atomic E-state index is 0.00507. The SMILES string of the molecule is CCCOC(C)[N+](CC)(C(C)OCCC)C(C)(OCCC)c1c(OB(Oc2cc(C(F)(F)F)cc(C(F)(F)F)c2)Oc2cc(C(F)(F)F)cc(C(F)(F)F)c2)cc(C(F)(F)F)cc1C(F)(F)F.FC(F)(F)c1c[c-]cc(C(F)(F)F)c1. The quantitative estimate of drug-likeness (QED) is 0.0289. The first-order valence-electron chi connectivity index (χ1n) is 23.5. The van der Waals surface area contributed by atoms with Crippen LogP contribution in [0.4, 0.5) is 105 Å². The molecule has 0 saturated heterocycles. The molecular formula is C49H48BF24NO6. The molecular weight excluding hydrogens is 1170 g/mol. The molecule has 0 aromatic heterocycles. The number of hydrogen-bond acceptors (Lipinski definition) is 6. The Morgan fingerprint density at radius 1 is 0.420 bits per heavy atom. The molecule has 3 atom stereocenters. The van der Waals surface area contributed by atoms with E-state index in [0.717, 1.165) is 6.92 Å². The summed E-state index contributed by atoms with van der Waals surface area (Å²) in [5, 5.41) is 0. The first-order chi connectivity index (χ1) is 36.7. The van der Waals surface area contributed by atoms with Gasteiger partial charge in [-0.1, -0.05) is 31.9 Å². The smallest absolute Gasteiger partial charge is 0.490 e. The maximum absolute atomic E-state index is 15.6. The van der Waals surface area contributed by atoms with Crippen molar-refractivity contribution in [2.75, 3.05) is 26.4 Å². The van der Waals surface area contributed by atoms with Crippen molar-refractivity contribution in [3.8, 4) is 17.2 Å². The number of benzene rings is 4. The predicted molar refractivity (Wildman–Crippen MR) is 238 cm³/mol. The molecule has 4 aromatic carbocycles. The van der Waals surface area contributed by atoms with Crippen molar-refractivity contribution in [1.29, 1.82) is 0 Å². The van der Waals surface area contributed by atoms with Gasteiger partial charge in [-0.05, 0) is 74.7 Å². The van der Waals surface area contributed by atoms with Gasteiger partial charge in [0.25, 0.3) is 0 Å². The molecule has 0 heterocycles. The molecule has 0 radical (unpaired) electrons. The molecule has 0 bridgehead atoms. The first-order valence-corrected chi connectivity index (χ1v) is 23.5. The Balaban J connectivity index is 0.00000107. The Kier molecular flexibility index (Phi) is 22.4. The Morgan fingerprint density at radius 2 is 0.741 bits per heavy atom. The Bertz CT molecular complexity index is 2490. The van der Waals surface area contributed by atoms with Gasteiger partial charge in [0.15, 0.2) is 12.5 Å². The van der Waals surface area contributed by atoms with Crippen molar-refractivity contribution in [1.82, 2.24) is 0 Å². The lowest BCUT2D eigenvalue weighted by molar-refractivity contribution is -1.07. The average molecular weight is 1210 g/mol. The second-order valence-electron chi connectivity index (χ2n) is 17.5. The van der Waals surface area contributed by atoms with E-state index in [1.807, 2.05) is 0 Å². The molecule has 32 heteroatoms. The van der Waals surface area contributed by atoms with E-state index in [0.29, 0.717) is 25.0 Å². The van der Waals surface area contributed by atoms with Crippen molar-refractivity contribution >= 4 is 7.32 Å². The molecule has 0 spiro atoms. The number of alkyl halides is 24. The Hall–Kier alpha value is -5.50. The van der Waals surface area contributed by atoms with Gasteiger partial charge in [-0.15, -0.1) is 6.07 Å². The third kappa shape index (κ3) is 18.0. The molecule has 4 rings (SSSR count). The van der Waals surface area contributed by atoms with Gasteiger partial charge in [-0.25, -0.2) is 4.48 Å². The fourth-order valence-electron chi connectivity index (χ4n) is 8.11. The van der Waals surface area contributed by atoms with Crippen LogP contribution in [0.25, 0.3) is 0 Å². The Morgan fingerprint density at radius 3 is 1.04 bits per heavy atom. The second kappa shape index (κ2) is 26.0. The molecule has 7 nitrogen and oxygen atoms in total. The monoisotopic (exact) mass is 1210 g/mol. The van der Waals surface area contributed by atoms with Crippen molar-refractivity contribution in [3.63, 3.8) is 0 Å². The number of hydrogen-bond donors (Lipinski definition) is 0. The van der Waals surface area contributed by atoms with E-state index in [-0.39, 0.29) is 68.6 Å². The highest BCUT2D eigenvalue weighted by Gasteiger charge is 2.61. The van der Waals surface area contributed by atoms with Crippen LogP contribution >= 0.6 is 0 Å². The van der Waals surface area contributed by atoms with Crippen molar-refractivity contribution in [3.05, 3.63) is 123 Å². The minimum Gasteiger partial charge on any atom is -0.490 e. The van der Waals surface area contributed by atoms with Gasteiger partial charge in [0.1, 0.15) is 17.2 Å². The summed E-state index contributed by atoms with van der Waals surface area (Å²) in [4.78, 5) is 0. The van der Waals surface area contributed by atoms with Crippen LogP contribution in [-0.2, 0) is 69.3 Å². The van der Waals surface area contributed by atoms with Gasteiger partial charge >= 0.3 is 56.7 Å². The fraction of sp³-hybridized carbons (Fsp3) is 0.510. The van der Waals surface area contributed by atoms with Gasteiger partial charge in [-0.2, -0.15) is 124 Å². The number of nitrogens with zero attached hydrogens (tertiary/aromatic N) is 1. The van der Waals surface area contributed by atoms with Gasteiger partial charge in [-0.3, -0.25) is 0 Å². The van der Waals surface area contributed by atoms with E-state index < -0.39 is 165 Å². The van der Waals surface area contributed by atoms with Crippen LogP contribution in [0.3, 0.4) is 0 Å². The number of halogens is 24. The summed E-state index contributed by atoms with van der Waals surface area (Å²) in [7, 11) is -3.42. The Labute approximate surface area is 446 Å². The highest BCUT2D eigenvalue weighted by Crippen LogP contribution is 2.53. The average Bonchev–Trinajstić information content (AvgIpc) is 3.32. The van der Waals surface area contributed by atoms with Crippen LogP contribution in [-0.4, -0.2) is 50.6 Å². The van der Waals surface area contributed by atoms with E-state index in [2.05, 4.69) is 0 Å². The van der Waals surface area contributed by atoms with Crippen molar-refractivity contribution < 1.29 is 138 Å². The van der Waals surface area contributed by atoms with Crippen LogP contribution in [0.5, 0.6) is 17.2 Å². The largest absolute Gasteiger partial charge is 0.864 e. The van der Waals surface area contributed by atoms with Crippen LogP contribution < -0.4 is 14.0 Å². The fourth-order valence-corrected chi connectivity index (χ4v) is 8.11. The zero-order chi connectivity index (χ0) is 62.3. The second-order valence-corrected chi connectivity index (χ2v) is 17.5. The minimum atomic E-state index is -5.85. The number of ether oxygens (including phenoxy) is 3. The molecule has 4 aromatic rings. The molecule has 0 aliphatic rings. The van der Waals surface area contributed by atoms with Crippen LogP contribution in [0.15, 0.2) is 66.7 Å². The van der Waals surface area contributed by atoms with E-state index in [9.17, 15) is 92.2 Å². The highest BCUT2D eigenvalue weighted by atomic mass is 19.4. The van der Waals surface area contributed by atoms with E-state index in [1.54, 1.807) is 19.9 Å². The summed E-state index contributed by atoms with van der Waals surface area (Å²) in [6.45, 7) is 8.90. The number of rotatable bonds is 20. The van der Waals surface area contributed by atoms with E-state index in [4.69, 9.17) is 28.2 Å². The topological polar surface area (TPSA) is 55.4 Å². The molecule has 81 heavy (non-hydrogen) atoms. The van der Waals surface area contributed by atoms with Gasteiger partial charge in [0.05, 0.1) is 65.3 Å². The zero-order valence-electron chi connectivity index (χ0n) is 43.0. The summed E-state index contributed by atoms with van der Waals surface area (Å²) in [5.74, 6) is -4.98. The zero-order valence-corrected chi connectivity index (χ0v) is 43.0. The third-order valence-electron chi connectivity index (χ3n) is 11.8. The van der Waals surface area contributed by atoms with Crippen LogP contribution in [0, 0.1) is 6.07 Å². The third-order valence-corrected chi connectivity index (χ3v) is 11.8.